The van der Waals surface area contributed by atoms with Gasteiger partial charge in [-0.25, -0.2) is 0 Å². The molecule has 7 heteroatoms. The van der Waals surface area contributed by atoms with Crippen molar-refractivity contribution in [3.05, 3.63) is 148 Å². The van der Waals surface area contributed by atoms with Crippen LogP contribution in [-0.2, 0) is 0 Å². The Morgan fingerprint density at radius 2 is 1.35 bits per heavy atom. The second-order valence-electron chi connectivity index (χ2n) is 10.8. The summed E-state index contributed by atoms with van der Waals surface area (Å²) in [6.07, 6.45) is 7.69. The third kappa shape index (κ3) is 3.61. The predicted molar refractivity (Wildman–Crippen MR) is 171 cm³/mol. The number of imide groups is 1. The second-order valence-corrected chi connectivity index (χ2v) is 10.8. The Kier molecular flexibility index (Phi) is 5.56. The van der Waals surface area contributed by atoms with E-state index in [4.69, 9.17) is 7.49 Å². The van der Waals surface area contributed by atoms with Crippen LogP contribution in [0.5, 0.6) is 0 Å². The summed E-state index contributed by atoms with van der Waals surface area (Å²) in [6, 6.07) is 29.8. The number of anilines is 1. The van der Waals surface area contributed by atoms with E-state index < -0.39 is 11.8 Å². The average Bonchev–Trinajstić information content (AvgIpc) is 3.05. The Hall–Kier alpha value is -5.56. The van der Waals surface area contributed by atoms with Crippen LogP contribution in [0.3, 0.4) is 0 Å². The van der Waals surface area contributed by atoms with E-state index in [0.29, 0.717) is 44.0 Å². The molecule has 0 spiro atoms. The Labute approximate surface area is 247 Å². The van der Waals surface area contributed by atoms with E-state index in [1.807, 2.05) is 91.0 Å². The van der Waals surface area contributed by atoms with Crippen molar-refractivity contribution in [1.82, 2.24) is 9.58 Å². The predicted octanol–water partition coefficient (Wildman–Crippen LogP) is 6.69. The van der Waals surface area contributed by atoms with Crippen LogP contribution in [0.1, 0.15) is 33.6 Å². The monoisotopic (exact) mass is 556 g/mol. The van der Waals surface area contributed by atoms with Crippen molar-refractivity contribution in [2.24, 2.45) is 0 Å². The number of aromatic nitrogens is 1. The minimum absolute atomic E-state index is 0.253. The fourth-order valence-corrected chi connectivity index (χ4v) is 6.44. The molecule has 203 valence electrons. The molecular formula is C36H23BN3O3. The van der Waals surface area contributed by atoms with Gasteiger partial charge in [0.1, 0.15) is 0 Å². The minimum atomic E-state index is -0.465. The van der Waals surface area contributed by atoms with E-state index in [1.165, 1.54) is 9.58 Å². The number of para-hydroxylation sites is 1. The van der Waals surface area contributed by atoms with Crippen LogP contribution in [0.15, 0.2) is 126 Å². The number of pyridine rings is 1. The number of hydrazine groups is 1. The van der Waals surface area contributed by atoms with Crippen LogP contribution in [0.2, 0.25) is 0 Å². The van der Waals surface area contributed by atoms with Gasteiger partial charge in [-0.2, -0.15) is 0 Å². The standard InChI is InChI=1S/C36H23BN3O3/c37-33-26-18-19-28-32-29(36(43)40(35(28)42)39(23-12-3-1-4-13-23)24-14-5-2-6-15-24)21-20-27(31(26)32)34(41)38(33)30-17-9-11-22-10-7-8-16-25(22)30/h1,3-5,7-21H,2,6H2. The fourth-order valence-electron chi connectivity index (χ4n) is 6.44. The topological polar surface area (TPSA) is 62.6 Å². The summed E-state index contributed by atoms with van der Waals surface area (Å²) in [5.41, 5.74) is 2.48. The van der Waals surface area contributed by atoms with Crippen molar-refractivity contribution in [3.8, 4) is 5.69 Å². The molecule has 6 aromatic rings. The molecule has 0 bridgehead atoms. The van der Waals surface area contributed by atoms with Gasteiger partial charge >= 0.3 is 248 Å². The maximum atomic E-state index is 14.3. The number of amides is 2. The molecule has 43 heavy (non-hydrogen) atoms. The van der Waals surface area contributed by atoms with Gasteiger partial charge in [-0.1, -0.05) is 0 Å². The van der Waals surface area contributed by atoms with Gasteiger partial charge < -0.3 is 0 Å². The molecule has 2 aliphatic rings. The van der Waals surface area contributed by atoms with Crippen molar-refractivity contribution < 1.29 is 9.59 Å². The fraction of sp³-hybridized carbons (Fsp3) is 0.0556. The van der Waals surface area contributed by atoms with E-state index >= 15 is 0 Å². The molecule has 8 rings (SSSR count). The molecule has 0 fully saturated rings. The molecule has 0 saturated heterocycles. The van der Waals surface area contributed by atoms with Crippen molar-refractivity contribution >= 4 is 57.3 Å². The second kappa shape index (κ2) is 9.49. The van der Waals surface area contributed by atoms with Gasteiger partial charge in [0.25, 0.3) is 0 Å². The zero-order chi connectivity index (χ0) is 29.2. The zero-order valence-corrected chi connectivity index (χ0v) is 23.0. The molecule has 5 aromatic carbocycles. The van der Waals surface area contributed by atoms with Gasteiger partial charge in [0.05, 0.1) is 0 Å². The summed E-state index contributed by atoms with van der Waals surface area (Å²) in [7, 11) is 6.76. The number of hydrogen-bond donors (Lipinski definition) is 0. The Balaban J connectivity index is 1.37. The quantitative estimate of drug-likeness (QED) is 0.179. The van der Waals surface area contributed by atoms with Crippen LogP contribution in [-0.4, -0.2) is 28.9 Å². The molecule has 0 saturated carbocycles. The summed E-state index contributed by atoms with van der Waals surface area (Å²) in [4.78, 5) is 42.7. The summed E-state index contributed by atoms with van der Waals surface area (Å²) in [5, 5.41) is 6.99. The first-order valence-corrected chi connectivity index (χ1v) is 14.2. The molecule has 2 amide bonds. The molecule has 1 aromatic heterocycles. The van der Waals surface area contributed by atoms with E-state index in [1.54, 1.807) is 29.3 Å². The van der Waals surface area contributed by atoms with E-state index in [-0.39, 0.29) is 10.8 Å². The van der Waals surface area contributed by atoms with Crippen LogP contribution < -0.4 is 10.6 Å². The molecular weight excluding hydrogens is 533 g/mol. The first-order chi connectivity index (χ1) is 21.0. The molecule has 1 aliphatic heterocycles. The molecule has 1 aliphatic carbocycles. The summed E-state index contributed by atoms with van der Waals surface area (Å²) < 4.78 is 1.53. The SMILES string of the molecule is [B]=c1c2ccc3c4c(ccc(c(=O)n1-c1cccc5ccccc15)c42)C(=O)N(N(C1=CCCC=C1)c1ccccc1)C3=O. The summed E-state index contributed by atoms with van der Waals surface area (Å²) in [6.45, 7) is 0. The summed E-state index contributed by atoms with van der Waals surface area (Å²) in [5.74, 6) is -0.931. The molecule has 0 unspecified atom stereocenters. The third-order valence-corrected chi connectivity index (χ3v) is 8.38. The molecule has 0 N–H and O–H groups in total. The van der Waals surface area contributed by atoms with Gasteiger partial charge in [0, 0.05) is 0 Å². The van der Waals surface area contributed by atoms with E-state index in [0.717, 1.165) is 29.3 Å². The number of hydrogen-bond acceptors (Lipinski definition) is 4. The summed E-state index contributed by atoms with van der Waals surface area (Å²) >= 11 is 0. The maximum absolute atomic E-state index is 14.3. The Morgan fingerprint density at radius 1 is 0.651 bits per heavy atom. The number of carbonyl (C=O) groups excluding carboxylic acids is 2. The number of carbonyl (C=O) groups is 2. The van der Waals surface area contributed by atoms with Crippen molar-refractivity contribution in [2.45, 2.75) is 12.8 Å². The van der Waals surface area contributed by atoms with Crippen molar-refractivity contribution in [3.63, 3.8) is 0 Å². The number of fused-ring (bicyclic) bond motifs is 1. The van der Waals surface area contributed by atoms with Crippen molar-refractivity contribution in [2.75, 3.05) is 5.01 Å². The van der Waals surface area contributed by atoms with Gasteiger partial charge in [0.15, 0.2) is 0 Å². The van der Waals surface area contributed by atoms with Crippen LogP contribution in [0.4, 0.5) is 5.69 Å². The Bertz CT molecular complexity index is 2250. The van der Waals surface area contributed by atoms with Gasteiger partial charge in [0.2, 0.25) is 0 Å². The molecule has 6 nitrogen and oxygen atoms in total. The molecule has 1 radical (unpaired) electrons. The first-order valence-electron chi connectivity index (χ1n) is 14.2. The molecule has 0 atom stereocenters. The van der Waals surface area contributed by atoms with Gasteiger partial charge in [-0.15, -0.1) is 0 Å². The number of nitrogens with zero attached hydrogens (tertiary/aromatic N) is 3. The number of benzene rings is 5. The number of allylic oxidation sites excluding steroid dienone is 3. The number of rotatable bonds is 4. The van der Waals surface area contributed by atoms with Crippen LogP contribution >= 0.6 is 0 Å². The van der Waals surface area contributed by atoms with E-state index in [2.05, 4.69) is 0 Å². The van der Waals surface area contributed by atoms with Gasteiger partial charge in [-0.05, 0) is 0 Å². The molecule has 2 heterocycles. The van der Waals surface area contributed by atoms with E-state index in [9.17, 15) is 14.4 Å². The van der Waals surface area contributed by atoms with Crippen LogP contribution in [0.25, 0.3) is 38.0 Å². The third-order valence-electron chi connectivity index (χ3n) is 8.38. The Morgan fingerprint density at radius 3 is 2.09 bits per heavy atom. The average molecular weight is 556 g/mol. The van der Waals surface area contributed by atoms with Crippen molar-refractivity contribution in [1.29, 1.82) is 0 Å². The first kappa shape index (κ1) is 25.2. The normalized spacial score (nSPS) is 14.6. The van der Waals surface area contributed by atoms with Gasteiger partial charge in [-0.3, -0.25) is 0 Å². The van der Waals surface area contributed by atoms with Crippen LogP contribution in [0, 0.1) is 5.24 Å². The zero-order valence-electron chi connectivity index (χ0n) is 23.0.